The number of hydrogen-bond acceptors (Lipinski definition) is 4. The molecule has 0 aromatic heterocycles. The van der Waals surface area contributed by atoms with Crippen LogP contribution in [0.5, 0.6) is 0 Å². The molecule has 1 saturated carbocycles. The van der Waals surface area contributed by atoms with Crippen molar-refractivity contribution in [1.82, 2.24) is 9.80 Å². The maximum atomic E-state index is 12.8. The van der Waals surface area contributed by atoms with Crippen LogP contribution in [0.15, 0.2) is 12.1 Å². The van der Waals surface area contributed by atoms with E-state index in [1.54, 1.807) is 16.8 Å². The summed E-state index contributed by atoms with van der Waals surface area (Å²) in [5, 5.41) is 0.422. The standard InChI is InChI=1S/C18H18Cl2N2O4/c1-21-7-8-22(18(21)26)9-11-12(19)6-5-10(16(11)20)17(25)15-13(23)3-2-4-14(15)24/h5-6,15H,2-4,7-9H2,1H3. The molecule has 1 aromatic rings. The molecule has 1 aliphatic heterocycles. The first-order chi connectivity index (χ1) is 12.3. The van der Waals surface area contributed by atoms with Gasteiger partial charge in [-0.1, -0.05) is 23.2 Å². The van der Waals surface area contributed by atoms with E-state index in [9.17, 15) is 19.2 Å². The van der Waals surface area contributed by atoms with Gasteiger partial charge >= 0.3 is 6.03 Å². The number of benzene rings is 1. The number of amides is 2. The molecule has 6 nitrogen and oxygen atoms in total. The molecule has 0 spiro atoms. The van der Waals surface area contributed by atoms with Crippen molar-refractivity contribution in [1.29, 1.82) is 0 Å². The molecule has 0 N–H and O–H groups in total. The van der Waals surface area contributed by atoms with E-state index in [0.29, 0.717) is 30.1 Å². The van der Waals surface area contributed by atoms with E-state index in [4.69, 9.17) is 23.2 Å². The quantitative estimate of drug-likeness (QED) is 0.578. The molecule has 0 atom stereocenters. The molecule has 8 heteroatoms. The van der Waals surface area contributed by atoms with Crippen LogP contribution in [0, 0.1) is 5.92 Å². The summed E-state index contributed by atoms with van der Waals surface area (Å²) in [4.78, 5) is 52.2. The Morgan fingerprint density at radius 1 is 1.12 bits per heavy atom. The lowest BCUT2D eigenvalue weighted by Crippen LogP contribution is -2.35. The third-order valence-corrected chi connectivity index (χ3v) is 5.64. The molecule has 0 radical (unpaired) electrons. The molecule has 1 aliphatic carbocycles. The minimum absolute atomic E-state index is 0.0935. The van der Waals surface area contributed by atoms with Crippen molar-refractivity contribution in [3.8, 4) is 0 Å². The Labute approximate surface area is 161 Å². The van der Waals surface area contributed by atoms with Crippen LogP contribution in [0.2, 0.25) is 10.0 Å². The van der Waals surface area contributed by atoms with Gasteiger partial charge in [0, 0.05) is 49.1 Å². The molecule has 2 aliphatic rings. The minimum atomic E-state index is -1.28. The van der Waals surface area contributed by atoms with E-state index < -0.39 is 11.7 Å². The van der Waals surface area contributed by atoms with Gasteiger partial charge in [-0.15, -0.1) is 0 Å². The monoisotopic (exact) mass is 396 g/mol. The zero-order chi connectivity index (χ0) is 19.0. The average Bonchev–Trinajstić information content (AvgIpc) is 2.90. The summed E-state index contributed by atoms with van der Waals surface area (Å²) < 4.78 is 0. The predicted octanol–water partition coefficient (Wildman–Crippen LogP) is 2.98. The minimum Gasteiger partial charge on any atom is -0.326 e. The molecular formula is C18H18Cl2N2O4. The van der Waals surface area contributed by atoms with E-state index in [2.05, 4.69) is 0 Å². The first-order valence-corrected chi connectivity index (χ1v) is 9.13. The van der Waals surface area contributed by atoms with E-state index in [-0.39, 0.29) is 47.6 Å². The van der Waals surface area contributed by atoms with Crippen LogP contribution in [0.4, 0.5) is 4.79 Å². The molecule has 2 fully saturated rings. The summed E-state index contributed by atoms with van der Waals surface area (Å²) in [5.41, 5.74) is 0.540. The summed E-state index contributed by atoms with van der Waals surface area (Å²) in [6.07, 6.45) is 0.912. The second-order valence-corrected chi connectivity index (χ2v) is 7.38. The second kappa shape index (κ2) is 7.37. The number of hydrogen-bond donors (Lipinski definition) is 0. The highest BCUT2D eigenvalue weighted by atomic mass is 35.5. The average molecular weight is 397 g/mol. The topological polar surface area (TPSA) is 74.8 Å². The number of rotatable bonds is 4. The number of nitrogens with zero attached hydrogens (tertiary/aromatic N) is 2. The van der Waals surface area contributed by atoms with Crippen LogP contribution in [0.1, 0.15) is 35.2 Å². The molecule has 1 aromatic carbocycles. The van der Waals surface area contributed by atoms with Crippen molar-refractivity contribution < 1.29 is 19.2 Å². The van der Waals surface area contributed by atoms with Crippen molar-refractivity contribution in [2.45, 2.75) is 25.8 Å². The molecule has 3 rings (SSSR count). The van der Waals surface area contributed by atoms with E-state index >= 15 is 0 Å². The fourth-order valence-corrected chi connectivity index (χ4v) is 3.91. The lowest BCUT2D eigenvalue weighted by Gasteiger charge is -2.21. The summed E-state index contributed by atoms with van der Waals surface area (Å²) in [6, 6.07) is 2.80. The van der Waals surface area contributed by atoms with Crippen LogP contribution in [0.3, 0.4) is 0 Å². The zero-order valence-corrected chi connectivity index (χ0v) is 15.8. The van der Waals surface area contributed by atoms with Gasteiger partial charge in [-0.3, -0.25) is 14.4 Å². The Kier molecular flexibility index (Phi) is 5.34. The summed E-state index contributed by atoms with van der Waals surface area (Å²) in [6.45, 7) is 1.28. The molecule has 1 heterocycles. The van der Waals surface area contributed by atoms with E-state index in [1.807, 2.05) is 0 Å². The Balaban J connectivity index is 1.92. The Morgan fingerprint density at radius 2 is 1.77 bits per heavy atom. The molecular weight excluding hydrogens is 379 g/mol. The molecule has 1 saturated heterocycles. The first-order valence-electron chi connectivity index (χ1n) is 8.37. The van der Waals surface area contributed by atoms with Gasteiger partial charge in [-0.05, 0) is 18.6 Å². The molecule has 138 valence electrons. The van der Waals surface area contributed by atoms with Crippen molar-refractivity contribution in [3.63, 3.8) is 0 Å². The van der Waals surface area contributed by atoms with Crippen LogP contribution in [-0.4, -0.2) is 53.3 Å². The zero-order valence-electron chi connectivity index (χ0n) is 14.3. The highest BCUT2D eigenvalue weighted by Gasteiger charge is 2.38. The number of likely N-dealkylation sites (N-methyl/N-ethyl adjacent to an activating group) is 1. The van der Waals surface area contributed by atoms with Gasteiger partial charge in [0.15, 0.2) is 17.3 Å². The lowest BCUT2D eigenvalue weighted by molar-refractivity contribution is -0.133. The maximum Gasteiger partial charge on any atom is 0.320 e. The Bertz CT molecular complexity index is 793. The maximum absolute atomic E-state index is 12.8. The number of carbonyl (C=O) groups excluding carboxylic acids is 4. The van der Waals surface area contributed by atoms with Crippen LogP contribution < -0.4 is 0 Å². The van der Waals surface area contributed by atoms with Gasteiger partial charge in [0.2, 0.25) is 0 Å². The van der Waals surface area contributed by atoms with E-state index in [1.165, 1.54) is 12.1 Å². The van der Waals surface area contributed by atoms with E-state index in [0.717, 1.165) is 0 Å². The summed E-state index contributed by atoms with van der Waals surface area (Å²) >= 11 is 12.6. The Morgan fingerprint density at radius 3 is 2.35 bits per heavy atom. The van der Waals surface area contributed by atoms with Crippen molar-refractivity contribution in [3.05, 3.63) is 33.3 Å². The fraction of sp³-hybridized carbons (Fsp3) is 0.444. The van der Waals surface area contributed by atoms with Gasteiger partial charge in [0.05, 0.1) is 11.6 Å². The highest BCUT2D eigenvalue weighted by molar-refractivity contribution is 6.39. The van der Waals surface area contributed by atoms with Gasteiger partial charge < -0.3 is 9.80 Å². The highest BCUT2D eigenvalue weighted by Crippen LogP contribution is 2.33. The molecule has 2 amide bonds. The fourth-order valence-electron chi connectivity index (χ4n) is 3.33. The number of halogens is 2. The smallest absolute Gasteiger partial charge is 0.320 e. The predicted molar refractivity (Wildman–Crippen MR) is 96.6 cm³/mol. The number of carbonyl (C=O) groups is 4. The number of Topliss-reactive ketones (excluding diaryl/α,β-unsaturated/α-hetero) is 3. The van der Waals surface area contributed by atoms with Crippen LogP contribution >= 0.6 is 23.2 Å². The largest absolute Gasteiger partial charge is 0.326 e. The third kappa shape index (κ3) is 3.35. The lowest BCUT2D eigenvalue weighted by atomic mass is 9.81. The molecule has 26 heavy (non-hydrogen) atoms. The van der Waals surface area contributed by atoms with Gasteiger partial charge in [0.25, 0.3) is 0 Å². The number of urea groups is 1. The van der Waals surface area contributed by atoms with Gasteiger partial charge in [-0.25, -0.2) is 4.79 Å². The normalized spacial score (nSPS) is 18.8. The van der Waals surface area contributed by atoms with Crippen LogP contribution in [-0.2, 0) is 16.1 Å². The summed E-state index contributed by atoms with van der Waals surface area (Å²) in [7, 11) is 1.70. The van der Waals surface area contributed by atoms with Crippen molar-refractivity contribution >= 4 is 46.6 Å². The van der Waals surface area contributed by atoms with Crippen molar-refractivity contribution in [2.75, 3.05) is 20.1 Å². The van der Waals surface area contributed by atoms with Crippen LogP contribution in [0.25, 0.3) is 0 Å². The summed E-state index contributed by atoms with van der Waals surface area (Å²) in [5.74, 6) is -2.60. The Hall–Kier alpha value is -1.92. The first kappa shape index (κ1) is 18.9. The molecule has 0 unspecified atom stereocenters. The SMILES string of the molecule is CN1CCN(Cc2c(Cl)ccc(C(=O)C3C(=O)CCCC3=O)c2Cl)C1=O. The van der Waals surface area contributed by atoms with Gasteiger partial charge in [0.1, 0.15) is 5.92 Å². The van der Waals surface area contributed by atoms with Crippen molar-refractivity contribution in [2.24, 2.45) is 5.92 Å². The number of ketones is 3. The second-order valence-electron chi connectivity index (χ2n) is 6.60. The third-order valence-electron chi connectivity index (χ3n) is 4.86. The molecule has 0 bridgehead atoms. The van der Waals surface area contributed by atoms with Gasteiger partial charge in [-0.2, -0.15) is 0 Å².